The van der Waals surface area contributed by atoms with E-state index < -0.39 is 0 Å². The Hall–Kier alpha value is -0.470. The van der Waals surface area contributed by atoms with Crippen molar-refractivity contribution >= 4 is 28.4 Å². The fraction of sp³-hybridized carbons (Fsp3) is 0.300. The first kappa shape index (κ1) is 10.6. The van der Waals surface area contributed by atoms with Crippen molar-refractivity contribution in [2.24, 2.45) is 0 Å². The van der Waals surface area contributed by atoms with Gasteiger partial charge in [0.2, 0.25) is 0 Å². The molecule has 0 spiro atoms. The van der Waals surface area contributed by atoms with Gasteiger partial charge in [-0.2, -0.15) is 0 Å². The van der Waals surface area contributed by atoms with Gasteiger partial charge >= 0.3 is 0 Å². The first-order chi connectivity index (χ1) is 6.22. The molecule has 70 valence electrons. The predicted molar refractivity (Wildman–Crippen MR) is 61.0 cm³/mol. The van der Waals surface area contributed by atoms with Crippen molar-refractivity contribution in [3.8, 4) is 0 Å². The van der Waals surface area contributed by atoms with Crippen LogP contribution in [0.4, 0.5) is 0 Å². The molecule has 0 atom stereocenters. The van der Waals surface area contributed by atoms with Crippen molar-refractivity contribution in [1.29, 1.82) is 5.41 Å². The topological polar surface area (TPSA) is 23.9 Å². The quantitative estimate of drug-likeness (QED) is 0.602. The SMILES string of the molecule is CSC(=N)CCc1ccc(Cl)cc1. The molecule has 1 aromatic carbocycles. The summed E-state index contributed by atoms with van der Waals surface area (Å²) in [6.45, 7) is 0. The minimum absolute atomic E-state index is 0.731. The zero-order chi connectivity index (χ0) is 9.68. The van der Waals surface area contributed by atoms with Crippen molar-refractivity contribution in [3.05, 3.63) is 34.9 Å². The van der Waals surface area contributed by atoms with Gasteiger partial charge in [0, 0.05) is 5.02 Å². The van der Waals surface area contributed by atoms with Gasteiger partial charge in [0.15, 0.2) is 0 Å². The van der Waals surface area contributed by atoms with Crippen molar-refractivity contribution in [2.45, 2.75) is 12.8 Å². The van der Waals surface area contributed by atoms with E-state index in [1.807, 2.05) is 30.5 Å². The summed E-state index contributed by atoms with van der Waals surface area (Å²) in [4.78, 5) is 0. The lowest BCUT2D eigenvalue weighted by Gasteiger charge is -2.00. The first-order valence-corrected chi connectivity index (χ1v) is 5.68. The third kappa shape index (κ3) is 3.83. The molecule has 13 heavy (non-hydrogen) atoms. The Balaban J connectivity index is 2.46. The maximum Gasteiger partial charge on any atom is 0.0642 e. The van der Waals surface area contributed by atoms with E-state index in [1.54, 1.807) is 0 Å². The molecule has 3 heteroatoms. The van der Waals surface area contributed by atoms with Crippen LogP contribution in [0.5, 0.6) is 0 Å². The molecule has 1 N–H and O–H groups in total. The Labute approximate surface area is 88.0 Å². The second-order valence-corrected chi connectivity index (χ2v) is 4.09. The monoisotopic (exact) mass is 213 g/mol. The Morgan fingerprint density at radius 1 is 1.38 bits per heavy atom. The Morgan fingerprint density at radius 2 is 2.00 bits per heavy atom. The molecule has 0 bridgehead atoms. The zero-order valence-corrected chi connectivity index (χ0v) is 9.08. The number of thioether (sulfide) groups is 1. The van der Waals surface area contributed by atoms with E-state index in [-0.39, 0.29) is 0 Å². The van der Waals surface area contributed by atoms with E-state index in [9.17, 15) is 0 Å². The van der Waals surface area contributed by atoms with Crippen LogP contribution in [0.3, 0.4) is 0 Å². The van der Waals surface area contributed by atoms with Crippen molar-refractivity contribution in [1.82, 2.24) is 0 Å². The number of hydrogen-bond donors (Lipinski definition) is 1. The predicted octanol–water partition coefficient (Wildman–Crippen LogP) is 3.61. The van der Waals surface area contributed by atoms with E-state index in [2.05, 4.69) is 0 Å². The van der Waals surface area contributed by atoms with Crippen LogP contribution in [0.1, 0.15) is 12.0 Å². The van der Waals surface area contributed by atoms with Crippen LogP contribution in [0.25, 0.3) is 0 Å². The lowest BCUT2D eigenvalue weighted by Crippen LogP contribution is -1.92. The molecule has 0 saturated carbocycles. The van der Waals surface area contributed by atoms with Crippen LogP contribution < -0.4 is 0 Å². The molecule has 0 radical (unpaired) electrons. The minimum atomic E-state index is 0.731. The highest BCUT2D eigenvalue weighted by Gasteiger charge is 1.96. The molecule has 0 aliphatic heterocycles. The van der Waals surface area contributed by atoms with E-state index in [4.69, 9.17) is 17.0 Å². The van der Waals surface area contributed by atoms with Crippen LogP contribution in [-0.2, 0) is 6.42 Å². The average molecular weight is 214 g/mol. The fourth-order valence-electron chi connectivity index (χ4n) is 1.01. The second kappa shape index (κ2) is 5.30. The van der Waals surface area contributed by atoms with Gasteiger partial charge in [0.05, 0.1) is 5.04 Å². The molecule has 0 unspecified atom stereocenters. The second-order valence-electron chi connectivity index (χ2n) is 2.75. The minimum Gasteiger partial charge on any atom is -0.298 e. The number of aryl methyl sites for hydroxylation is 1. The summed E-state index contributed by atoms with van der Waals surface area (Å²) in [5, 5.41) is 8.96. The van der Waals surface area contributed by atoms with Crippen LogP contribution >= 0.6 is 23.4 Å². The van der Waals surface area contributed by atoms with E-state index in [0.717, 1.165) is 22.9 Å². The summed E-state index contributed by atoms with van der Waals surface area (Å²) < 4.78 is 0. The van der Waals surface area contributed by atoms with E-state index in [0.29, 0.717) is 0 Å². The van der Waals surface area contributed by atoms with Crippen LogP contribution in [0, 0.1) is 5.41 Å². The molecular weight excluding hydrogens is 202 g/mol. The average Bonchev–Trinajstić information content (AvgIpc) is 2.16. The van der Waals surface area contributed by atoms with Gasteiger partial charge in [-0.05, 0) is 36.8 Å². The third-order valence-corrected chi connectivity index (χ3v) is 2.75. The van der Waals surface area contributed by atoms with Gasteiger partial charge in [-0.25, -0.2) is 0 Å². The van der Waals surface area contributed by atoms with Crippen molar-refractivity contribution in [3.63, 3.8) is 0 Å². The number of halogens is 1. The highest BCUT2D eigenvalue weighted by atomic mass is 35.5. The molecule has 1 aromatic rings. The van der Waals surface area contributed by atoms with Crippen LogP contribution in [-0.4, -0.2) is 11.3 Å². The summed E-state index contributed by atoms with van der Waals surface area (Å²) in [5.74, 6) is 0. The van der Waals surface area contributed by atoms with E-state index >= 15 is 0 Å². The number of hydrogen-bond acceptors (Lipinski definition) is 2. The lowest BCUT2D eigenvalue weighted by molar-refractivity contribution is 1.04. The highest BCUT2D eigenvalue weighted by Crippen LogP contribution is 2.12. The van der Waals surface area contributed by atoms with Gasteiger partial charge in [-0.15, -0.1) is 11.8 Å². The van der Waals surface area contributed by atoms with Crippen LogP contribution in [0.2, 0.25) is 5.02 Å². The first-order valence-electron chi connectivity index (χ1n) is 4.08. The van der Waals surface area contributed by atoms with Gasteiger partial charge in [-0.3, -0.25) is 5.41 Å². The summed E-state index contributed by atoms with van der Waals surface area (Å²) in [5.41, 5.74) is 1.24. The molecule has 0 aliphatic rings. The zero-order valence-electron chi connectivity index (χ0n) is 7.51. The summed E-state index contributed by atoms with van der Waals surface area (Å²) in [7, 11) is 0. The molecule has 0 heterocycles. The van der Waals surface area contributed by atoms with E-state index in [1.165, 1.54) is 17.3 Å². The smallest absolute Gasteiger partial charge is 0.0642 e. The molecule has 0 fully saturated rings. The number of nitrogens with one attached hydrogen (secondary N) is 1. The molecule has 0 amide bonds. The summed E-state index contributed by atoms with van der Waals surface area (Å²) in [6, 6.07) is 7.80. The van der Waals surface area contributed by atoms with Gasteiger partial charge in [0.1, 0.15) is 0 Å². The van der Waals surface area contributed by atoms with Crippen LogP contribution in [0.15, 0.2) is 24.3 Å². The van der Waals surface area contributed by atoms with Crippen molar-refractivity contribution in [2.75, 3.05) is 6.26 Å². The van der Waals surface area contributed by atoms with Crippen molar-refractivity contribution < 1.29 is 0 Å². The molecule has 0 aliphatic carbocycles. The maximum absolute atomic E-state index is 7.47. The Morgan fingerprint density at radius 3 is 2.54 bits per heavy atom. The molecule has 1 rings (SSSR count). The highest BCUT2D eigenvalue weighted by molar-refractivity contribution is 8.13. The molecule has 1 nitrogen and oxygen atoms in total. The normalized spacial score (nSPS) is 10.0. The largest absolute Gasteiger partial charge is 0.298 e. The lowest BCUT2D eigenvalue weighted by atomic mass is 10.1. The molecule has 0 aromatic heterocycles. The molecular formula is C10H12ClNS. The standard InChI is InChI=1S/C10H12ClNS/c1-13-10(12)7-4-8-2-5-9(11)6-3-8/h2-3,5-6,12H,4,7H2,1H3. The number of rotatable bonds is 3. The number of benzene rings is 1. The summed E-state index contributed by atoms with van der Waals surface area (Å²) >= 11 is 7.26. The maximum atomic E-state index is 7.47. The molecule has 0 saturated heterocycles. The Kier molecular flexibility index (Phi) is 4.33. The Bertz CT molecular complexity index is 281. The van der Waals surface area contributed by atoms with Gasteiger partial charge in [-0.1, -0.05) is 23.7 Å². The van der Waals surface area contributed by atoms with Gasteiger partial charge in [0.25, 0.3) is 0 Å². The summed E-state index contributed by atoms with van der Waals surface area (Å²) in [6.07, 6.45) is 3.68. The third-order valence-electron chi connectivity index (χ3n) is 1.80. The fourth-order valence-corrected chi connectivity index (χ4v) is 1.44. The van der Waals surface area contributed by atoms with Gasteiger partial charge < -0.3 is 0 Å².